The highest BCUT2D eigenvalue weighted by atomic mass is 16.4. The molecule has 0 bridgehead atoms. The molecule has 3 rings (SSSR count). The number of aromatic nitrogens is 1. The molecule has 1 aliphatic rings. The van der Waals surface area contributed by atoms with E-state index in [0.717, 1.165) is 30.2 Å². The Kier molecular flexibility index (Phi) is 3.69. The van der Waals surface area contributed by atoms with Gasteiger partial charge in [-0.2, -0.15) is 4.98 Å². The van der Waals surface area contributed by atoms with E-state index in [1.807, 2.05) is 24.3 Å². The SMILES string of the molecule is CN(CCNc1nc2ccccc2o1)C1CCCC1. The second-order valence-electron chi connectivity index (χ2n) is 5.33. The molecule has 2 aromatic rings. The van der Waals surface area contributed by atoms with E-state index < -0.39 is 0 Å². The maximum atomic E-state index is 5.63. The van der Waals surface area contributed by atoms with Gasteiger partial charge in [0.2, 0.25) is 0 Å². The molecule has 0 aliphatic heterocycles. The Balaban J connectivity index is 1.51. The Hall–Kier alpha value is -1.55. The Morgan fingerprint density at radius 1 is 1.32 bits per heavy atom. The minimum absolute atomic E-state index is 0.626. The average Bonchev–Trinajstić information content (AvgIpc) is 3.07. The van der Waals surface area contributed by atoms with E-state index in [9.17, 15) is 0 Å². The van der Waals surface area contributed by atoms with Crippen LogP contribution in [-0.4, -0.2) is 36.1 Å². The summed E-state index contributed by atoms with van der Waals surface area (Å²) in [6.07, 6.45) is 5.46. The van der Waals surface area contributed by atoms with Gasteiger partial charge in [-0.15, -0.1) is 0 Å². The van der Waals surface area contributed by atoms with Gasteiger partial charge in [0.1, 0.15) is 5.52 Å². The summed E-state index contributed by atoms with van der Waals surface area (Å²) in [5.74, 6) is 0. The minimum atomic E-state index is 0.626. The molecule has 1 aromatic heterocycles. The molecule has 102 valence electrons. The van der Waals surface area contributed by atoms with Crippen LogP contribution in [0.3, 0.4) is 0 Å². The van der Waals surface area contributed by atoms with Crippen molar-refractivity contribution in [3.8, 4) is 0 Å². The summed E-state index contributed by atoms with van der Waals surface area (Å²) in [5.41, 5.74) is 1.75. The largest absolute Gasteiger partial charge is 0.424 e. The number of para-hydroxylation sites is 2. The van der Waals surface area contributed by atoms with Crippen LogP contribution in [0, 0.1) is 0 Å². The summed E-state index contributed by atoms with van der Waals surface area (Å²) in [5, 5.41) is 3.27. The van der Waals surface area contributed by atoms with Crippen LogP contribution in [0.15, 0.2) is 28.7 Å². The molecule has 0 amide bonds. The van der Waals surface area contributed by atoms with Gasteiger partial charge in [-0.1, -0.05) is 25.0 Å². The van der Waals surface area contributed by atoms with Crippen molar-refractivity contribution in [1.82, 2.24) is 9.88 Å². The maximum absolute atomic E-state index is 5.63. The fourth-order valence-electron chi connectivity index (χ4n) is 2.81. The van der Waals surface area contributed by atoms with Crippen LogP contribution < -0.4 is 5.32 Å². The first-order chi connectivity index (χ1) is 9.33. The lowest BCUT2D eigenvalue weighted by Gasteiger charge is -2.23. The van der Waals surface area contributed by atoms with E-state index in [1.165, 1.54) is 25.7 Å². The predicted molar refractivity (Wildman–Crippen MR) is 77.4 cm³/mol. The van der Waals surface area contributed by atoms with Crippen LogP contribution >= 0.6 is 0 Å². The lowest BCUT2D eigenvalue weighted by Crippen LogP contribution is -2.33. The molecule has 4 heteroatoms. The summed E-state index contributed by atoms with van der Waals surface area (Å²) in [4.78, 5) is 6.86. The van der Waals surface area contributed by atoms with E-state index >= 15 is 0 Å². The Morgan fingerprint density at radius 3 is 2.89 bits per heavy atom. The van der Waals surface area contributed by atoms with Gasteiger partial charge in [0.25, 0.3) is 6.01 Å². The number of hydrogen-bond acceptors (Lipinski definition) is 4. The molecular formula is C15H21N3O. The first-order valence-electron chi connectivity index (χ1n) is 7.12. The second-order valence-corrected chi connectivity index (χ2v) is 5.33. The van der Waals surface area contributed by atoms with E-state index in [2.05, 4.69) is 22.2 Å². The molecule has 1 aliphatic carbocycles. The fourth-order valence-corrected chi connectivity index (χ4v) is 2.81. The number of rotatable bonds is 5. The van der Waals surface area contributed by atoms with Crippen molar-refractivity contribution in [2.75, 3.05) is 25.5 Å². The lowest BCUT2D eigenvalue weighted by atomic mass is 10.2. The lowest BCUT2D eigenvalue weighted by molar-refractivity contribution is 0.254. The average molecular weight is 259 g/mol. The van der Waals surface area contributed by atoms with Gasteiger partial charge in [0.15, 0.2) is 5.58 Å². The molecule has 1 fully saturated rings. The van der Waals surface area contributed by atoms with Crippen molar-refractivity contribution in [2.24, 2.45) is 0 Å². The zero-order chi connectivity index (χ0) is 13.1. The van der Waals surface area contributed by atoms with Crippen molar-refractivity contribution < 1.29 is 4.42 Å². The topological polar surface area (TPSA) is 41.3 Å². The number of likely N-dealkylation sites (N-methyl/N-ethyl adjacent to an activating group) is 1. The van der Waals surface area contributed by atoms with Gasteiger partial charge in [0.05, 0.1) is 0 Å². The van der Waals surface area contributed by atoms with Crippen molar-refractivity contribution in [3.63, 3.8) is 0 Å². The third-order valence-corrected chi connectivity index (χ3v) is 3.98. The van der Waals surface area contributed by atoms with Gasteiger partial charge >= 0.3 is 0 Å². The predicted octanol–water partition coefficient (Wildman–Crippen LogP) is 3.11. The van der Waals surface area contributed by atoms with Gasteiger partial charge in [-0.3, -0.25) is 0 Å². The highest BCUT2D eigenvalue weighted by Crippen LogP contribution is 2.22. The van der Waals surface area contributed by atoms with Crippen LogP contribution in [0.4, 0.5) is 6.01 Å². The summed E-state index contributed by atoms with van der Waals surface area (Å²) in [6.45, 7) is 1.91. The number of nitrogens with one attached hydrogen (secondary N) is 1. The van der Waals surface area contributed by atoms with E-state index in [4.69, 9.17) is 4.42 Å². The number of hydrogen-bond donors (Lipinski definition) is 1. The fraction of sp³-hybridized carbons (Fsp3) is 0.533. The standard InChI is InChI=1S/C15H21N3O/c1-18(12-6-2-3-7-12)11-10-16-15-17-13-8-4-5-9-14(13)19-15/h4-5,8-9,12H,2-3,6-7,10-11H2,1H3,(H,16,17). The van der Waals surface area contributed by atoms with Gasteiger partial charge in [0, 0.05) is 19.1 Å². The molecule has 0 spiro atoms. The number of anilines is 1. The molecule has 0 saturated heterocycles. The third kappa shape index (κ3) is 2.89. The maximum Gasteiger partial charge on any atom is 0.295 e. The van der Waals surface area contributed by atoms with Crippen molar-refractivity contribution >= 4 is 17.1 Å². The molecule has 0 atom stereocenters. The van der Waals surface area contributed by atoms with E-state index in [1.54, 1.807) is 0 Å². The zero-order valence-corrected chi connectivity index (χ0v) is 11.4. The molecule has 19 heavy (non-hydrogen) atoms. The number of fused-ring (bicyclic) bond motifs is 1. The van der Waals surface area contributed by atoms with Crippen LogP contribution in [0.2, 0.25) is 0 Å². The monoisotopic (exact) mass is 259 g/mol. The Morgan fingerprint density at radius 2 is 2.11 bits per heavy atom. The molecule has 1 heterocycles. The van der Waals surface area contributed by atoms with Gasteiger partial charge < -0.3 is 14.6 Å². The van der Waals surface area contributed by atoms with Crippen LogP contribution in [0.1, 0.15) is 25.7 Å². The van der Waals surface area contributed by atoms with Crippen molar-refractivity contribution in [1.29, 1.82) is 0 Å². The molecule has 1 aromatic carbocycles. The molecular weight excluding hydrogens is 238 g/mol. The number of nitrogens with zero attached hydrogens (tertiary/aromatic N) is 2. The summed E-state index contributed by atoms with van der Waals surface area (Å²) >= 11 is 0. The Labute approximate surface area is 113 Å². The van der Waals surface area contributed by atoms with Crippen LogP contribution in [0.5, 0.6) is 0 Å². The molecule has 0 unspecified atom stereocenters. The smallest absolute Gasteiger partial charge is 0.295 e. The summed E-state index contributed by atoms with van der Waals surface area (Å²) < 4.78 is 5.63. The highest BCUT2D eigenvalue weighted by Gasteiger charge is 2.18. The molecule has 1 saturated carbocycles. The summed E-state index contributed by atoms with van der Waals surface area (Å²) in [6, 6.07) is 9.24. The molecule has 0 radical (unpaired) electrons. The van der Waals surface area contributed by atoms with Crippen molar-refractivity contribution in [3.05, 3.63) is 24.3 Å². The first-order valence-corrected chi connectivity index (χ1v) is 7.12. The van der Waals surface area contributed by atoms with Gasteiger partial charge in [-0.25, -0.2) is 0 Å². The first kappa shape index (κ1) is 12.5. The number of oxazole rings is 1. The minimum Gasteiger partial charge on any atom is -0.424 e. The van der Waals surface area contributed by atoms with E-state index in [0.29, 0.717) is 6.01 Å². The van der Waals surface area contributed by atoms with E-state index in [-0.39, 0.29) is 0 Å². The van der Waals surface area contributed by atoms with Gasteiger partial charge in [-0.05, 0) is 32.0 Å². The third-order valence-electron chi connectivity index (χ3n) is 3.98. The van der Waals surface area contributed by atoms with Crippen LogP contribution in [-0.2, 0) is 0 Å². The molecule has 4 nitrogen and oxygen atoms in total. The van der Waals surface area contributed by atoms with Crippen LogP contribution in [0.25, 0.3) is 11.1 Å². The quantitative estimate of drug-likeness (QED) is 0.895. The number of benzene rings is 1. The zero-order valence-electron chi connectivity index (χ0n) is 11.4. The molecule has 1 N–H and O–H groups in total. The van der Waals surface area contributed by atoms with Crippen molar-refractivity contribution in [2.45, 2.75) is 31.7 Å². The Bertz CT molecular complexity index is 498. The highest BCUT2D eigenvalue weighted by molar-refractivity contribution is 5.74. The second kappa shape index (κ2) is 5.61. The summed E-state index contributed by atoms with van der Waals surface area (Å²) in [7, 11) is 2.21. The normalized spacial score (nSPS) is 16.5.